The molecule has 0 aliphatic heterocycles. The Morgan fingerprint density at radius 2 is 1.91 bits per heavy atom. The molecule has 0 saturated heterocycles. The minimum Gasteiger partial charge on any atom is -0.314 e. The first-order valence-corrected chi connectivity index (χ1v) is 7.54. The average molecular weight is 318 g/mol. The fraction of sp³-hybridized carbons (Fsp3) is 0.125. The molecule has 112 valence electrons. The van der Waals surface area contributed by atoms with Crippen molar-refractivity contribution in [3.63, 3.8) is 0 Å². The lowest BCUT2D eigenvalue weighted by atomic mass is 10.2. The van der Waals surface area contributed by atoms with Gasteiger partial charge in [0.1, 0.15) is 11.6 Å². The topological polar surface area (TPSA) is 34.4 Å². The van der Waals surface area contributed by atoms with Crippen molar-refractivity contribution in [3.05, 3.63) is 64.5 Å². The van der Waals surface area contributed by atoms with Gasteiger partial charge in [-0.25, -0.2) is 8.78 Å². The van der Waals surface area contributed by atoms with Crippen molar-refractivity contribution in [2.45, 2.75) is 13.5 Å². The van der Waals surface area contributed by atoms with Gasteiger partial charge in [-0.3, -0.25) is 4.79 Å². The van der Waals surface area contributed by atoms with Crippen LogP contribution >= 0.6 is 11.3 Å². The largest absolute Gasteiger partial charge is 0.314 e. The third kappa shape index (κ3) is 2.57. The molecule has 0 atom stereocenters. The van der Waals surface area contributed by atoms with Crippen LogP contribution in [0.25, 0.3) is 10.2 Å². The first kappa shape index (κ1) is 14.6. The van der Waals surface area contributed by atoms with E-state index in [1.807, 2.05) is 6.92 Å². The average Bonchev–Trinajstić information content (AvgIpc) is 2.86. The number of hydrogen-bond acceptors (Lipinski definition) is 2. The fourth-order valence-electron chi connectivity index (χ4n) is 2.21. The van der Waals surface area contributed by atoms with Crippen LogP contribution in [-0.4, -0.2) is 10.5 Å². The summed E-state index contributed by atoms with van der Waals surface area (Å²) in [5.74, 6) is -1.23. The summed E-state index contributed by atoms with van der Waals surface area (Å²) >= 11 is 1.25. The Morgan fingerprint density at radius 3 is 2.59 bits per heavy atom. The lowest BCUT2D eigenvalue weighted by molar-refractivity contribution is 0.0998. The quantitative estimate of drug-likeness (QED) is 0.709. The number of fused-ring (bicyclic) bond motifs is 1. The molecule has 0 N–H and O–H groups in total. The number of nitrogens with zero attached hydrogens (tertiary/aromatic N) is 2. The van der Waals surface area contributed by atoms with Crippen molar-refractivity contribution < 1.29 is 13.6 Å². The Kier molecular flexibility index (Phi) is 3.85. The van der Waals surface area contributed by atoms with Crippen LogP contribution in [0, 0.1) is 11.6 Å². The molecule has 0 fully saturated rings. The van der Waals surface area contributed by atoms with E-state index in [2.05, 4.69) is 4.99 Å². The van der Waals surface area contributed by atoms with Crippen molar-refractivity contribution >= 4 is 27.5 Å². The maximum Gasteiger partial charge on any atom is 0.279 e. The smallest absolute Gasteiger partial charge is 0.279 e. The number of aromatic nitrogens is 1. The van der Waals surface area contributed by atoms with Crippen LogP contribution in [0.2, 0.25) is 0 Å². The maximum absolute atomic E-state index is 14.0. The number of halogens is 2. The van der Waals surface area contributed by atoms with Gasteiger partial charge in [-0.1, -0.05) is 17.4 Å². The van der Waals surface area contributed by atoms with Gasteiger partial charge in [0.2, 0.25) is 0 Å². The van der Waals surface area contributed by atoms with E-state index < -0.39 is 11.7 Å². The summed E-state index contributed by atoms with van der Waals surface area (Å²) in [7, 11) is 0. The van der Waals surface area contributed by atoms with Gasteiger partial charge in [0.15, 0.2) is 4.80 Å². The Hall–Kier alpha value is -2.34. The van der Waals surface area contributed by atoms with Crippen LogP contribution < -0.4 is 4.80 Å². The summed E-state index contributed by atoms with van der Waals surface area (Å²) in [6.07, 6.45) is 0. The highest BCUT2D eigenvalue weighted by Gasteiger charge is 2.11. The predicted molar refractivity (Wildman–Crippen MR) is 81.7 cm³/mol. The molecule has 3 rings (SSSR count). The molecule has 1 heterocycles. The third-order valence-electron chi connectivity index (χ3n) is 3.26. The number of rotatable bonds is 2. The van der Waals surface area contributed by atoms with Crippen molar-refractivity contribution in [2.24, 2.45) is 4.99 Å². The molecule has 6 heteroatoms. The molecule has 2 aromatic carbocycles. The van der Waals surface area contributed by atoms with Gasteiger partial charge in [-0.05, 0) is 43.3 Å². The molecule has 3 aromatic rings. The van der Waals surface area contributed by atoms with Crippen LogP contribution in [0.3, 0.4) is 0 Å². The molecule has 0 saturated carbocycles. The van der Waals surface area contributed by atoms with E-state index >= 15 is 0 Å². The van der Waals surface area contributed by atoms with Crippen LogP contribution in [-0.2, 0) is 6.54 Å². The molecule has 0 aliphatic rings. The van der Waals surface area contributed by atoms with Crippen LogP contribution in [0.1, 0.15) is 17.3 Å². The van der Waals surface area contributed by atoms with Crippen LogP contribution in [0.4, 0.5) is 8.78 Å². The van der Waals surface area contributed by atoms with Crippen LogP contribution in [0.5, 0.6) is 0 Å². The van der Waals surface area contributed by atoms with E-state index in [4.69, 9.17) is 0 Å². The van der Waals surface area contributed by atoms with Gasteiger partial charge >= 0.3 is 0 Å². The highest BCUT2D eigenvalue weighted by molar-refractivity contribution is 7.16. The maximum atomic E-state index is 14.0. The van der Waals surface area contributed by atoms with Crippen molar-refractivity contribution in [2.75, 3.05) is 0 Å². The number of benzene rings is 2. The van der Waals surface area contributed by atoms with E-state index in [0.717, 1.165) is 4.70 Å². The van der Waals surface area contributed by atoms with E-state index in [0.29, 0.717) is 22.4 Å². The van der Waals surface area contributed by atoms with E-state index in [-0.39, 0.29) is 5.82 Å². The second-order valence-corrected chi connectivity index (χ2v) is 5.65. The first-order valence-electron chi connectivity index (χ1n) is 6.72. The van der Waals surface area contributed by atoms with Gasteiger partial charge in [0.05, 0.1) is 10.2 Å². The number of hydrogen-bond donors (Lipinski definition) is 0. The lowest BCUT2D eigenvalue weighted by Gasteiger charge is -2.01. The highest BCUT2D eigenvalue weighted by Crippen LogP contribution is 2.20. The number of amides is 1. The third-order valence-corrected chi connectivity index (χ3v) is 4.30. The number of carbonyl (C=O) groups is 1. The predicted octanol–water partition coefficient (Wildman–Crippen LogP) is 3.74. The Labute approximate surface area is 129 Å². The zero-order valence-electron chi connectivity index (χ0n) is 11.7. The number of thiazole rings is 1. The molecular weight excluding hydrogens is 306 g/mol. The highest BCUT2D eigenvalue weighted by atomic mass is 32.1. The molecule has 0 unspecified atom stereocenters. The van der Waals surface area contributed by atoms with E-state index in [9.17, 15) is 13.6 Å². The minimum atomic E-state index is -0.478. The molecule has 22 heavy (non-hydrogen) atoms. The van der Waals surface area contributed by atoms with Gasteiger partial charge < -0.3 is 4.57 Å². The first-order chi connectivity index (χ1) is 10.6. The van der Waals surface area contributed by atoms with Crippen molar-refractivity contribution in [1.82, 2.24) is 4.57 Å². The Bertz CT molecular complexity index is 910. The SMILES string of the molecule is CCn1c(=NC(=O)c2ccc(F)cc2)sc2cccc(F)c21. The zero-order valence-corrected chi connectivity index (χ0v) is 12.5. The summed E-state index contributed by atoms with van der Waals surface area (Å²) in [5, 5.41) is 0. The molecule has 3 nitrogen and oxygen atoms in total. The summed E-state index contributed by atoms with van der Waals surface area (Å²) in [6, 6.07) is 9.97. The summed E-state index contributed by atoms with van der Waals surface area (Å²) in [6.45, 7) is 2.36. The zero-order chi connectivity index (χ0) is 15.7. The van der Waals surface area contributed by atoms with Crippen LogP contribution in [0.15, 0.2) is 47.5 Å². The van der Waals surface area contributed by atoms with Gasteiger partial charge in [0, 0.05) is 12.1 Å². The number of para-hydroxylation sites is 1. The normalized spacial score (nSPS) is 12.0. The second kappa shape index (κ2) is 5.81. The number of carbonyl (C=O) groups excluding carboxylic acids is 1. The summed E-state index contributed by atoms with van der Waals surface area (Å²) in [4.78, 5) is 16.7. The summed E-state index contributed by atoms with van der Waals surface area (Å²) in [5.41, 5.74) is 0.739. The molecule has 1 amide bonds. The van der Waals surface area contributed by atoms with Gasteiger partial charge in [-0.15, -0.1) is 0 Å². The van der Waals surface area contributed by atoms with E-state index in [1.165, 1.54) is 41.7 Å². The molecule has 0 spiro atoms. The lowest BCUT2D eigenvalue weighted by Crippen LogP contribution is -2.16. The number of aryl methyl sites for hydroxylation is 1. The molecule has 1 aromatic heterocycles. The Morgan fingerprint density at radius 1 is 1.18 bits per heavy atom. The van der Waals surface area contributed by atoms with Gasteiger partial charge in [-0.2, -0.15) is 4.99 Å². The van der Waals surface area contributed by atoms with Crippen molar-refractivity contribution in [1.29, 1.82) is 0 Å². The monoisotopic (exact) mass is 318 g/mol. The molecule has 0 aliphatic carbocycles. The van der Waals surface area contributed by atoms with E-state index in [1.54, 1.807) is 16.7 Å². The Balaban J connectivity index is 2.15. The molecule has 0 radical (unpaired) electrons. The minimum absolute atomic E-state index is 0.294. The molecular formula is C16H12F2N2OS. The summed E-state index contributed by atoms with van der Waals surface area (Å²) < 4.78 is 29.3. The van der Waals surface area contributed by atoms with Gasteiger partial charge in [0.25, 0.3) is 5.91 Å². The van der Waals surface area contributed by atoms with Crippen molar-refractivity contribution in [3.8, 4) is 0 Å². The molecule has 0 bridgehead atoms. The fourth-order valence-corrected chi connectivity index (χ4v) is 3.32. The standard InChI is InChI=1S/C16H12F2N2OS/c1-2-20-14-12(18)4-3-5-13(14)22-16(20)19-15(21)10-6-8-11(17)9-7-10/h3-9H,2H2,1H3. The second-order valence-electron chi connectivity index (χ2n) is 4.64.